The van der Waals surface area contributed by atoms with Crippen molar-refractivity contribution in [3.63, 3.8) is 0 Å². The third-order valence-corrected chi connectivity index (χ3v) is 6.50. The van der Waals surface area contributed by atoms with Crippen molar-refractivity contribution in [3.8, 4) is 0 Å². The third-order valence-electron chi connectivity index (χ3n) is 4.44. The molecule has 0 N–H and O–H groups in total. The van der Waals surface area contributed by atoms with Crippen LogP contribution in [0.5, 0.6) is 0 Å². The zero-order valence-corrected chi connectivity index (χ0v) is 17.9. The maximum absolute atomic E-state index is 13.1. The summed E-state index contributed by atoms with van der Waals surface area (Å²) in [6.45, 7) is 5.43. The minimum atomic E-state index is -0.471. The van der Waals surface area contributed by atoms with Gasteiger partial charge in [0.2, 0.25) is 0 Å². The lowest BCUT2D eigenvalue weighted by Gasteiger charge is -2.20. The maximum atomic E-state index is 13.1. The van der Waals surface area contributed by atoms with Gasteiger partial charge in [0.1, 0.15) is 0 Å². The summed E-state index contributed by atoms with van der Waals surface area (Å²) in [4.78, 5) is 32.4. The van der Waals surface area contributed by atoms with E-state index >= 15 is 0 Å². The number of thiophene rings is 1. The molecule has 3 rings (SSSR count). The Kier molecular flexibility index (Phi) is 6.07. The number of aromatic nitrogens is 1. The highest BCUT2D eigenvalue weighted by Gasteiger charge is 2.24. The van der Waals surface area contributed by atoms with Gasteiger partial charge in [0.05, 0.1) is 20.0 Å². The molecule has 0 fully saturated rings. The molecule has 1 amide bonds. The summed E-state index contributed by atoms with van der Waals surface area (Å²) in [6, 6.07) is 7.01. The molecule has 0 atom stereocenters. The molecule has 0 saturated heterocycles. The lowest BCUT2D eigenvalue weighted by Crippen LogP contribution is -2.32. The van der Waals surface area contributed by atoms with Crippen LogP contribution in [0, 0.1) is 24.0 Å². The van der Waals surface area contributed by atoms with Crippen molar-refractivity contribution in [2.24, 2.45) is 0 Å². The number of amides is 1. The van der Waals surface area contributed by atoms with Crippen LogP contribution < -0.4 is 4.90 Å². The van der Waals surface area contributed by atoms with Gasteiger partial charge in [0.25, 0.3) is 5.91 Å². The SMILES string of the molecule is Cc1cc2nc(N(CCCN(C)C)C(=O)c3ccc([N+](=O)[O-])s3)sc2cc1C. The van der Waals surface area contributed by atoms with Gasteiger partial charge in [0, 0.05) is 12.6 Å². The average molecular weight is 419 g/mol. The van der Waals surface area contributed by atoms with Crippen LogP contribution in [0.1, 0.15) is 27.2 Å². The second kappa shape index (κ2) is 8.34. The second-order valence-electron chi connectivity index (χ2n) is 6.91. The van der Waals surface area contributed by atoms with Gasteiger partial charge in [-0.2, -0.15) is 0 Å². The lowest BCUT2D eigenvalue weighted by molar-refractivity contribution is -0.380. The highest BCUT2D eigenvalue weighted by Crippen LogP contribution is 2.33. The largest absolute Gasteiger partial charge is 0.324 e. The molecule has 148 valence electrons. The molecule has 0 unspecified atom stereocenters. The Hall–Kier alpha value is -2.36. The third kappa shape index (κ3) is 4.37. The topological polar surface area (TPSA) is 79.6 Å². The van der Waals surface area contributed by atoms with E-state index in [1.807, 2.05) is 27.1 Å². The van der Waals surface area contributed by atoms with Gasteiger partial charge in [0.15, 0.2) is 5.13 Å². The zero-order chi connectivity index (χ0) is 20.4. The molecule has 0 spiro atoms. The van der Waals surface area contributed by atoms with Crippen LogP contribution in [0.4, 0.5) is 10.1 Å². The molecule has 0 radical (unpaired) electrons. The molecule has 0 aliphatic rings. The predicted molar refractivity (Wildman–Crippen MR) is 115 cm³/mol. The number of benzene rings is 1. The van der Waals surface area contributed by atoms with Crippen molar-refractivity contribution in [1.82, 2.24) is 9.88 Å². The number of nitro groups is 1. The van der Waals surface area contributed by atoms with Crippen LogP contribution in [-0.2, 0) is 0 Å². The Balaban J connectivity index is 1.95. The molecule has 2 heterocycles. The first-order valence-electron chi connectivity index (χ1n) is 8.85. The number of hydrogen-bond donors (Lipinski definition) is 0. The van der Waals surface area contributed by atoms with Gasteiger partial charge in [-0.25, -0.2) is 4.98 Å². The number of thiazole rings is 1. The summed E-state index contributed by atoms with van der Waals surface area (Å²) in [5.41, 5.74) is 3.21. The Morgan fingerprint density at radius 3 is 2.50 bits per heavy atom. The van der Waals surface area contributed by atoms with E-state index in [0.717, 1.165) is 40.1 Å². The quantitative estimate of drug-likeness (QED) is 0.417. The van der Waals surface area contributed by atoms with E-state index in [-0.39, 0.29) is 10.9 Å². The summed E-state index contributed by atoms with van der Waals surface area (Å²) in [6.07, 6.45) is 0.778. The van der Waals surface area contributed by atoms with Crippen LogP contribution in [0.3, 0.4) is 0 Å². The maximum Gasteiger partial charge on any atom is 0.324 e. The molecule has 0 saturated carbocycles. The summed E-state index contributed by atoms with van der Waals surface area (Å²) < 4.78 is 1.03. The molecular weight excluding hydrogens is 396 g/mol. The van der Waals surface area contributed by atoms with Crippen molar-refractivity contribution in [2.75, 3.05) is 32.1 Å². The zero-order valence-electron chi connectivity index (χ0n) is 16.3. The molecule has 3 aromatic rings. The molecule has 0 aliphatic heterocycles. The summed E-state index contributed by atoms with van der Waals surface area (Å²) in [5.74, 6) is -0.246. The molecule has 0 bridgehead atoms. The smallest absolute Gasteiger partial charge is 0.309 e. The van der Waals surface area contributed by atoms with Crippen LogP contribution in [0.25, 0.3) is 10.2 Å². The first-order chi connectivity index (χ1) is 13.3. The van der Waals surface area contributed by atoms with Crippen molar-refractivity contribution >= 4 is 48.9 Å². The molecule has 7 nitrogen and oxygen atoms in total. The van der Waals surface area contributed by atoms with Gasteiger partial charge in [-0.3, -0.25) is 19.8 Å². The molecule has 9 heteroatoms. The minimum absolute atomic E-state index is 0.0351. The highest BCUT2D eigenvalue weighted by atomic mass is 32.1. The number of carbonyl (C=O) groups excluding carboxylic acids is 1. The second-order valence-corrected chi connectivity index (χ2v) is 8.98. The molecular formula is C19H22N4O3S2. The summed E-state index contributed by atoms with van der Waals surface area (Å²) in [7, 11) is 3.97. The monoisotopic (exact) mass is 418 g/mol. The fraction of sp³-hybridized carbons (Fsp3) is 0.368. The number of anilines is 1. The van der Waals surface area contributed by atoms with Gasteiger partial charge >= 0.3 is 5.00 Å². The number of carbonyl (C=O) groups is 1. The van der Waals surface area contributed by atoms with Crippen LogP contribution in [0.15, 0.2) is 24.3 Å². The first-order valence-corrected chi connectivity index (χ1v) is 10.5. The predicted octanol–water partition coefficient (Wildman–Crippen LogP) is 4.48. The lowest BCUT2D eigenvalue weighted by atomic mass is 10.1. The van der Waals surface area contributed by atoms with E-state index in [1.54, 1.807) is 4.90 Å². The van der Waals surface area contributed by atoms with Crippen molar-refractivity contribution < 1.29 is 9.72 Å². The van der Waals surface area contributed by atoms with Gasteiger partial charge < -0.3 is 4.90 Å². The van der Waals surface area contributed by atoms with E-state index in [4.69, 9.17) is 0 Å². The van der Waals surface area contributed by atoms with Crippen LogP contribution in [0.2, 0.25) is 0 Å². The first kappa shape index (κ1) is 20.4. The van der Waals surface area contributed by atoms with Crippen molar-refractivity contribution in [2.45, 2.75) is 20.3 Å². The molecule has 2 aromatic heterocycles. The van der Waals surface area contributed by atoms with Gasteiger partial charge in [-0.1, -0.05) is 22.7 Å². The average Bonchev–Trinajstić information content (AvgIpc) is 3.25. The minimum Gasteiger partial charge on any atom is -0.309 e. The van der Waals surface area contributed by atoms with Gasteiger partial charge in [-0.15, -0.1) is 0 Å². The van der Waals surface area contributed by atoms with E-state index in [0.29, 0.717) is 16.6 Å². The summed E-state index contributed by atoms with van der Waals surface area (Å²) in [5, 5.41) is 11.6. The molecule has 0 aliphatic carbocycles. The fourth-order valence-corrected chi connectivity index (χ4v) is 4.63. The number of hydrogen-bond acceptors (Lipinski definition) is 7. The molecule has 28 heavy (non-hydrogen) atoms. The highest BCUT2D eigenvalue weighted by molar-refractivity contribution is 7.22. The Morgan fingerprint density at radius 1 is 1.14 bits per heavy atom. The number of rotatable bonds is 7. The van der Waals surface area contributed by atoms with E-state index < -0.39 is 4.92 Å². The normalized spacial score (nSPS) is 11.3. The molecule has 1 aromatic carbocycles. The summed E-state index contributed by atoms with van der Waals surface area (Å²) >= 11 is 2.37. The Labute approximate surface area is 171 Å². The van der Waals surface area contributed by atoms with Crippen LogP contribution >= 0.6 is 22.7 Å². The number of nitrogens with zero attached hydrogens (tertiary/aromatic N) is 4. The Morgan fingerprint density at radius 2 is 1.86 bits per heavy atom. The van der Waals surface area contributed by atoms with Crippen LogP contribution in [-0.4, -0.2) is 47.9 Å². The van der Waals surface area contributed by atoms with Gasteiger partial charge in [-0.05, 0) is 70.2 Å². The number of aryl methyl sites for hydroxylation is 2. The van der Waals surface area contributed by atoms with E-state index in [2.05, 4.69) is 22.9 Å². The van der Waals surface area contributed by atoms with E-state index in [9.17, 15) is 14.9 Å². The fourth-order valence-electron chi connectivity index (χ4n) is 2.79. The van der Waals surface area contributed by atoms with Crippen molar-refractivity contribution in [1.29, 1.82) is 0 Å². The standard InChI is InChI=1S/C19H22N4O3S2/c1-12-10-14-16(11-13(12)2)28-19(20-14)22(9-5-8-21(3)4)18(24)15-6-7-17(27-15)23(25)26/h6-7,10-11H,5,8-9H2,1-4H3. The number of fused-ring (bicyclic) bond motifs is 1. The van der Waals surface area contributed by atoms with Crippen molar-refractivity contribution in [3.05, 3.63) is 50.4 Å². The Bertz CT molecular complexity index is 987. The van der Waals surface area contributed by atoms with E-state index in [1.165, 1.54) is 29.0 Å².